The minimum atomic E-state index is -0.00590. The van der Waals surface area contributed by atoms with Crippen LogP contribution in [0.25, 0.3) is 21.6 Å². The number of H-pyrrole nitrogens is 1. The summed E-state index contributed by atoms with van der Waals surface area (Å²) in [6.45, 7) is 6.70. The van der Waals surface area contributed by atoms with Gasteiger partial charge in [0.05, 0.1) is 10.6 Å². The molecule has 0 saturated carbocycles. The Bertz CT molecular complexity index is 1570. The number of hydrogen-bond donors (Lipinski definition) is 3. The summed E-state index contributed by atoms with van der Waals surface area (Å²) in [4.78, 5) is 33.8. The van der Waals surface area contributed by atoms with Gasteiger partial charge in [0.2, 0.25) is 5.95 Å². The van der Waals surface area contributed by atoms with Crippen molar-refractivity contribution < 1.29 is 4.79 Å². The predicted molar refractivity (Wildman–Crippen MR) is 146 cm³/mol. The molecule has 5 heterocycles. The third-order valence-corrected chi connectivity index (χ3v) is 7.86. The predicted octanol–water partition coefficient (Wildman–Crippen LogP) is 5.07. The molecule has 0 atom stereocenters. The third-order valence-electron chi connectivity index (χ3n) is 6.62. The van der Waals surface area contributed by atoms with E-state index in [0.717, 1.165) is 52.6 Å². The van der Waals surface area contributed by atoms with E-state index in [1.807, 2.05) is 55.5 Å². The summed E-state index contributed by atoms with van der Waals surface area (Å²) in [6.07, 6.45) is 6.56. The number of aromatic nitrogens is 5. The minimum absolute atomic E-state index is 0.00590. The van der Waals surface area contributed by atoms with E-state index in [9.17, 15) is 4.79 Å². The molecule has 1 aliphatic heterocycles. The molecule has 2 amide bonds. The van der Waals surface area contributed by atoms with Crippen LogP contribution >= 0.6 is 11.3 Å². The lowest BCUT2D eigenvalue weighted by Crippen LogP contribution is -2.42. The molecule has 4 aromatic heterocycles. The highest BCUT2D eigenvalue weighted by atomic mass is 32.1. The van der Waals surface area contributed by atoms with E-state index >= 15 is 0 Å². The number of thiophene rings is 1. The smallest absolute Gasteiger partial charge is 0.317 e. The lowest BCUT2D eigenvalue weighted by atomic mass is 10.1. The first-order valence-corrected chi connectivity index (χ1v) is 13.2. The van der Waals surface area contributed by atoms with E-state index in [1.54, 1.807) is 11.3 Å². The molecule has 0 radical (unpaired) electrons. The summed E-state index contributed by atoms with van der Waals surface area (Å²) in [5, 5.41) is 7.26. The van der Waals surface area contributed by atoms with Crippen LogP contribution in [0.4, 0.5) is 16.4 Å². The van der Waals surface area contributed by atoms with Crippen molar-refractivity contribution in [1.29, 1.82) is 0 Å². The van der Waals surface area contributed by atoms with Gasteiger partial charge in [-0.3, -0.25) is 0 Å². The first kappa shape index (κ1) is 23.2. The Morgan fingerprint density at radius 2 is 2.05 bits per heavy atom. The number of carbonyl (C=O) groups excluding carboxylic acids is 1. The minimum Gasteiger partial charge on any atom is -0.346 e. The van der Waals surface area contributed by atoms with Gasteiger partial charge < -0.3 is 25.1 Å². The van der Waals surface area contributed by atoms with Gasteiger partial charge in [-0.25, -0.2) is 14.8 Å². The normalized spacial score (nSPS) is 13.1. The molecule has 9 nitrogen and oxygen atoms in total. The second-order valence-corrected chi connectivity index (χ2v) is 10.3. The fourth-order valence-electron chi connectivity index (χ4n) is 4.66. The molecular weight excluding hydrogens is 484 g/mol. The average Bonchev–Trinajstić information content (AvgIpc) is 3.64. The number of imidazole rings is 1. The number of aromatic amines is 1. The van der Waals surface area contributed by atoms with Crippen LogP contribution in [0.15, 0.2) is 55.0 Å². The first-order valence-electron chi connectivity index (χ1n) is 12.4. The third kappa shape index (κ3) is 4.67. The largest absolute Gasteiger partial charge is 0.346 e. The van der Waals surface area contributed by atoms with Crippen molar-refractivity contribution in [2.45, 2.75) is 33.4 Å². The van der Waals surface area contributed by atoms with Crippen molar-refractivity contribution in [1.82, 2.24) is 34.7 Å². The number of rotatable bonds is 6. The average molecular weight is 513 g/mol. The van der Waals surface area contributed by atoms with E-state index in [1.165, 1.54) is 16.0 Å². The van der Waals surface area contributed by atoms with Crippen LogP contribution < -0.4 is 10.6 Å². The zero-order chi connectivity index (χ0) is 25.4. The number of amides is 2. The van der Waals surface area contributed by atoms with Crippen molar-refractivity contribution in [3.63, 3.8) is 0 Å². The second-order valence-electron chi connectivity index (χ2n) is 9.13. The van der Waals surface area contributed by atoms with E-state index in [4.69, 9.17) is 9.97 Å². The Kier molecular flexibility index (Phi) is 6.09. The number of hydrogen-bond acceptors (Lipinski definition) is 6. The molecule has 0 unspecified atom stereocenters. The Morgan fingerprint density at radius 1 is 1.19 bits per heavy atom. The van der Waals surface area contributed by atoms with Crippen molar-refractivity contribution in [2.24, 2.45) is 0 Å². The monoisotopic (exact) mass is 512 g/mol. The van der Waals surface area contributed by atoms with Crippen LogP contribution in [-0.2, 0) is 19.5 Å². The zero-order valence-corrected chi connectivity index (χ0v) is 21.6. The molecule has 5 aromatic rings. The van der Waals surface area contributed by atoms with Gasteiger partial charge in [-0.05, 0) is 55.7 Å². The molecule has 1 aliphatic rings. The summed E-state index contributed by atoms with van der Waals surface area (Å²) < 4.78 is 2.12. The van der Waals surface area contributed by atoms with Gasteiger partial charge in [0.25, 0.3) is 0 Å². The molecule has 1 aromatic carbocycles. The van der Waals surface area contributed by atoms with Crippen molar-refractivity contribution in [2.75, 3.05) is 18.4 Å². The van der Waals surface area contributed by atoms with Gasteiger partial charge in [-0.2, -0.15) is 4.98 Å². The molecule has 3 N–H and O–H groups in total. The SMILES string of the molecule is CCNC(=O)N1CCc2sc(-c3nc(Nc4ccc(Cn5ccnc5C)cc4)nc4[nH]ccc34)cc2C1. The van der Waals surface area contributed by atoms with Gasteiger partial charge in [-0.15, -0.1) is 11.3 Å². The zero-order valence-electron chi connectivity index (χ0n) is 20.8. The number of fused-ring (bicyclic) bond motifs is 2. The first-order chi connectivity index (χ1) is 18.1. The number of carbonyl (C=O) groups is 1. The van der Waals surface area contributed by atoms with Gasteiger partial charge in [-0.1, -0.05) is 12.1 Å². The highest BCUT2D eigenvalue weighted by Gasteiger charge is 2.24. The maximum Gasteiger partial charge on any atom is 0.317 e. The van der Waals surface area contributed by atoms with Gasteiger partial charge in [0, 0.05) is 60.7 Å². The molecule has 37 heavy (non-hydrogen) atoms. The molecule has 0 aliphatic carbocycles. The van der Waals surface area contributed by atoms with Crippen LogP contribution in [0.1, 0.15) is 28.8 Å². The van der Waals surface area contributed by atoms with Crippen molar-refractivity contribution in [3.8, 4) is 10.6 Å². The lowest BCUT2D eigenvalue weighted by Gasteiger charge is -2.26. The number of anilines is 2. The van der Waals surface area contributed by atoms with Crippen LogP contribution in [0.3, 0.4) is 0 Å². The summed E-state index contributed by atoms with van der Waals surface area (Å²) in [6, 6.07) is 12.5. The maximum atomic E-state index is 12.3. The molecule has 0 spiro atoms. The summed E-state index contributed by atoms with van der Waals surface area (Å²) >= 11 is 1.76. The van der Waals surface area contributed by atoms with Crippen molar-refractivity contribution in [3.05, 3.63) is 76.8 Å². The molecule has 0 saturated heterocycles. The number of nitrogens with zero attached hydrogens (tertiary/aromatic N) is 5. The number of benzene rings is 1. The molecule has 6 rings (SSSR count). The van der Waals surface area contributed by atoms with Crippen molar-refractivity contribution >= 4 is 40.0 Å². The highest BCUT2D eigenvalue weighted by molar-refractivity contribution is 7.15. The Hall–Kier alpha value is -4.18. The Labute approximate surface area is 218 Å². The Balaban J connectivity index is 1.25. The summed E-state index contributed by atoms with van der Waals surface area (Å²) in [5.74, 6) is 1.54. The fourth-order valence-corrected chi connectivity index (χ4v) is 5.83. The van der Waals surface area contributed by atoms with Crippen LogP contribution in [0, 0.1) is 6.92 Å². The fraction of sp³-hybridized carbons (Fsp3) is 0.259. The van der Waals surface area contributed by atoms with Gasteiger partial charge in [0.1, 0.15) is 11.5 Å². The molecule has 188 valence electrons. The van der Waals surface area contributed by atoms with Gasteiger partial charge in [0.15, 0.2) is 0 Å². The Morgan fingerprint density at radius 3 is 2.84 bits per heavy atom. The second kappa shape index (κ2) is 9.70. The van der Waals surface area contributed by atoms with Crippen LogP contribution in [-0.4, -0.2) is 48.5 Å². The quantitative estimate of drug-likeness (QED) is 0.295. The number of urea groups is 1. The topological polar surface area (TPSA) is 104 Å². The molecule has 0 bridgehead atoms. The highest BCUT2D eigenvalue weighted by Crippen LogP contribution is 2.37. The summed E-state index contributed by atoms with van der Waals surface area (Å²) in [7, 11) is 0. The summed E-state index contributed by atoms with van der Waals surface area (Å²) in [5.41, 5.74) is 4.99. The number of nitrogens with one attached hydrogen (secondary N) is 3. The van der Waals surface area contributed by atoms with Crippen LogP contribution in [0.2, 0.25) is 0 Å². The number of aryl methyl sites for hydroxylation is 1. The maximum absolute atomic E-state index is 12.3. The van der Waals surface area contributed by atoms with Gasteiger partial charge >= 0.3 is 6.03 Å². The molecule has 10 heteroatoms. The van der Waals surface area contributed by atoms with E-state index in [-0.39, 0.29) is 6.03 Å². The standard InChI is InChI=1S/C27H28N8OS/c1-3-28-27(36)35-12-9-22-19(16-35)14-23(37-22)24-21-8-10-30-25(21)33-26(32-24)31-20-6-4-18(5-7-20)15-34-13-11-29-17(34)2/h4-8,10-11,13-14H,3,9,12,15-16H2,1-2H3,(H,28,36)(H2,30,31,32,33). The molecular formula is C27H28N8OS. The van der Waals surface area contributed by atoms with E-state index < -0.39 is 0 Å². The van der Waals surface area contributed by atoms with Crippen LogP contribution in [0.5, 0.6) is 0 Å². The molecule has 0 fully saturated rings. The lowest BCUT2D eigenvalue weighted by molar-refractivity contribution is 0.193. The van der Waals surface area contributed by atoms with E-state index in [0.29, 0.717) is 19.0 Å². The van der Waals surface area contributed by atoms with E-state index in [2.05, 4.69) is 43.4 Å².